The summed E-state index contributed by atoms with van der Waals surface area (Å²) in [6.45, 7) is 3.26. The Bertz CT molecular complexity index is 467. The summed E-state index contributed by atoms with van der Waals surface area (Å²) in [5.74, 6) is 0.874. The van der Waals surface area contributed by atoms with Gasteiger partial charge in [0.05, 0.1) is 0 Å². The van der Waals surface area contributed by atoms with Crippen molar-refractivity contribution in [1.82, 2.24) is 15.1 Å². The zero-order chi connectivity index (χ0) is 13.6. The van der Waals surface area contributed by atoms with Crippen molar-refractivity contribution in [3.63, 3.8) is 0 Å². The highest BCUT2D eigenvalue weighted by molar-refractivity contribution is 5.33. The van der Waals surface area contributed by atoms with Gasteiger partial charge < -0.3 is 5.32 Å². The molecule has 1 fully saturated rings. The normalized spacial score (nSPS) is 19.7. The largest absolute Gasteiger partial charge is 0.365 e. The van der Waals surface area contributed by atoms with E-state index in [1.165, 1.54) is 24.9 Å². The quantitative estimate of drug-likeness (QED) is 0.925. The maximum atomic E-state index is 4.10. The van der Waals surface area contributed by atoms with Gasteiger partial charge in [0, 0.05) is 25.3 Å². The highest BCUT2D eigenvalue weighted by Gasteiger charge is 2.20. The number of aromatic nitrogens is 2. The Hall–Kier alpha value is -1.94. The topological polar surface area (TPSA) is 41.0 Å². The minimum atomic E-state index is 0.462. The number of hydrogen-bond donors (Lipinski definition) is 1. The van der Waals surface area contributed by atoms with E-state index in [0.29, 0.717) is 6.04 Å². The highest BCUT2D eigenvalue weighted by Crippen LogP contribution is 2.16. The van der Waals surface area contributed by atoms with Crippen molar-refractivity contribution in [3.05, 3.63) is 54.2 Å². The van der Waals surface area contributed by atoms with Crippen molar-refractivity contribution >= 4 is 5.82 Å². The van der Waals surface area contributed by atoms with Crippen molar-refractivity contribution in [1.29, 1.82) is 0 Å². The Kier molecular flexibility index (Phi) is 4.23. The molecule has 1 saturated heterocycles. The first kappa shape index (κ1) is 13.1. The van der Waals surface area contributed by atoms with Crippen LogP contribution in [0.15, 0.2) is 48.7 Å². The summed E-state index contributed by atoms with van der Waals surface area (Å²) in [4.78, 5) is 2.51. The zero-order valence-corrected chi connectivity index (χ0v) is 11.6. The second-order valence-corrected chi connectivity index (χ2v) is 5.31. The summed E-state index contributed by atoms with van der Waals surface area (Å²) >= 11 is 0. The molecule has 0 bridgehead atoms. The number of nitrogens with zero attached hydrogens (tertiary/aromatic N) is 3. The van der Waals surface area contributed by atoms with Gasteiger partial charge in [-0.15, -0.1) is 5.10 Å². The van der Waals surface area contributed by atoms with Gasteiger partial charge in [0.1, 0.15) is 5.82 Å². The fraction of sp³-hybridized carbons (Fsp3) is 0.375. The standard InChI is InChI=1S/C16H20N4/c1-2-6-14(7-3-1)12-20-11-5-8-15(13-20)18-16-9-4-10-17-19-16/h1-4,6-7,9-10,15H,5,8,11-13H2,(H,18,19). The van der Waals surface area contributed by atoms with Crippen LogP contribution in [0.25, 0.3) is 0 Å². The predicted octanol–water partition coefficient (Wildman–Crippen LogP) is 2.55. The van der Waals surface area contributed by atoms with Crippen molar-refractivity contribution in [2.24, 2.45) is 0 Å². The molecule has 0 radical (unpaired) electrons. The van der Waals surface area contributed by atoms with E-state index in [1.54, 1.807) is 6.20 Å². The van der Waals surface area contributed by atoms with Gasteiger partial charge in [0.2, 0.25) is 0 Å². The molecule has 1 aromatic heterocycles. The maximum absolute atomic E-state index is 4.10. The highest BCUT2D eigenvalue weighted by atomic mass is 15.2. The minimum absolute atomic E-state index is 0.462. The monoisotopic (exact) mass is 268 g/mol. The molecule has 1 N–H and O–H groups in total. The van der Waals surface area contributed by atoms with Crippen LogP contribution in [-0.2, 0) is 6.54 Å². The lowest BCUT2D eigenvalue weighted by Crippen LogP contribution is -2.41. The Labute approximate surface area is 119 Å². The molecule has 2 heterocycles. The van der Waals surface area contributed by atoms with Crippen LogP contribution in [0.4, 0.5) is 5.82 Å². The molecular formula is C16H20N4. The Morgan fingerprint density at radius 3 is 2.85 bits per heavy atom. The summed E-state index contributed by atoms with van der Waals surface area (Å²) in [5.41, 5.74) is 1.38. The van der Waals surface area contributed by atoms with Crippen molar-refractivity contribution < 1.29 is 0 Å². The number of anilines is 1. The smallest absolute Gasteiger partial charge is 0.148 e. The van der Waals surface area contributed by atoms with E-state index in [1.807, 2.05) is 12.1 Å². The Morgan fingerprint density at radius 2 is 2.05 bits per heavy atom. The summed E-state index contributed by atoms with van der Waals surface area (Å²) in [6.07, 6.45) is 4.13. The van der Waals surface area contributed by atoms with Crippen LogP contribution in [0, 0.1) is 0 Å². The van der Waals surface area contributed by atoms with Crippen molar-refractivity contribution in [2.75, 3.05) is 18.4 Å². The summed E-state index contributed by atoms with van der Waals surface area (Å²) < 4.78 is 0. The van der Waals surface area contributed by atoms with E-state index in [0.717, 1.165) is 18.9 Å². The lowest BCUT2D eigenvalue weighted by Gasteiger charge is -2.33. The Balaban J connectivity index is 1.57. The third-order valence-electron chi connectivity index (χ3n) is 3.68. The zero-order valence-electron chi connectivity index (χ0n) is 11.6. The average molecular weight is 268 g/mol. The lowest BCUT2D eigenvalue weighted by atomic mass is 10.0. The molecule has 1 atom stereocenters. The van der Waals surface area contributed by atoms with Crippen LogP contribution in [0.1, 0.15) is 18.4 Å². The first-order valence-corrected chi connectivity index (χ1v) is 7.21. The summed E-state index contributed by atoms with van der Waals surface area (Å²) in [5, 5.41) is 11.5. The number of rotatable bonds is 4. The SMILES string of the molecule is c1ccc(CN2CCCC(Nc3cccnn3)C2)cc1. The molecule has 4 nitrogen and oxygen atoms in total. The lowest BCUT2D eigenvalue weighted by molar-refractivity contribution is 0.208. The fourth-order valence-electron chi connectivity index (χ4n) is 2.75. The fourth-order valence-corrected chi connectivity index (χ4v) is 2.75. The molecule has 1 aliphatic heterocycles. The Morgan fingerprint density at radius 1 is 1.15 bits per heavy atom. The number of benzene rings is 1. The van der Waals surface area contributed by atoms with Crippen molar-refractivity contribution in [2.45, 2.75) is 25.4 Å². The summed E-state index contributed by atoms with van der Waals surface area (Å²) in [6, 6.07) is 15.0. The average Bonchev–Trinajstić information content (AvgIpc) is 2.50. The second-order valence-electron chi connectivity index (χ2n) is 5.31. The van der Waals surface area contributed by atoms with E-state index in [4.69, 9.17) is 0 Å². The molecular weight excluding hydrogens is 248 g/mol. The number of hydrogen-bond acceptors (Lipinski definition) is 4. The molecule has 0 saturated carbocycles. The molecule has 1 aliphatic rings. The van der Waals surface area contributed by atoms with Crippen LogP contribution < -0.4 is 5.32 Å². The van der Waals surface area contributed by atoms with E-state index in [2.05, 4.69) is 50.7 Å². The van der Waals surface area contributed by atoms with E-state index in [9.17, 15) is 0 Å². The van der Waals surface area contributed by atoms with E-state index >= 15 is 0 Å². The number of piperidine rings is 1. The van der Waals surface area contributed by atoms with Gasteiger partial charge in [0.15, 0.2) is 0 Å². The van der Waals surface area contributed by atoms with Gasteiger partial charge >= 0.3 is 0 Å². The first-order valence-electron chi connectivity index (χ1n) is 7.21. The van der Waals surface area contributed by atoms with E-state index in [-0.39, 0.29) is 0 Å². The minimum Gasteiger partial charge on any atom is -0.365 e. The van der Waals surface area contributed by atoms with Gasteiger partial charge in [-0.1, -0.05) is 30.3 Å². The third-order valence-corrected chi connectivity index (χ3v) is 3.68. The predicted molar refractivity (Wildman–Crippen MR) is 80.4 cm³/mol. The molecule has 1 unspecified atom stereocenters. The molecule has 1 aromatic carbocycles. The number of likely N-dealkylation sites (tertiary alicyclic amines) is 1. The van der Waals surface area contributed by atoms with Crippen LogP contribution in [-0.4, -0.2) is 34.2 Å². The van der Waals surface area contributed by atoms with Crippen LogP contribution in [0.2, 0.25) is 0 Å². The number of nitrogens with one attached hydrogen (secondary N) is 1. The molecule has 3 rings (SSSR count). The molecule has 4 heteroatoms. The molecule has 20 heavy (non-hydrogen) atoms. The maximum Gasteiger partial charge on any atom is 0.148 e. The van der Waals surface area contributed by atoms with Crippen molar-refractivity contribution in [3.8, 4) is 0 Å². The first-order chi connectivity index (χ1) is 9.90. The molecule has 104 valence electrons. The van der Waals surface area contributed by atoms with Crippen LogP contribution in [0.5, 0.6) is 0 Å². The molecule has 0 aliphatic carbocycles. The third kappa shape index (κ3) is 3.54. The van der Waals surface area contributed by atoms with Gasteiger partial charge in [-0.25, -0.2) is 0 Å². The van der Waals surface area contributed by atoms with Gasteiger partial charge in [0.25, 0.3) is 0 Å². The summed E-state index contributed by atoms with van der Waals surface area (Å²) in [7, 11) is 0. The molecule has 0 spiro atoms. The second kappa shape index (κ2) is 6.48. The van der Waals surface area contributed by atoms with Gasteiger partial charge in [-0.2, -0.15) is 5.10 Å². The van der Waals surface area contributed by atoms with Crippen LogP contribution in [0.3, 0.4) is 0 Å². The van der Waals surface area contributed by atoms with Crippen LogP contribution >= 0.6 is 0 Å². The molecule has 0 amide bonds. The van der Waals surface area contributed by atoms with Gasteiger partial charge in [-0.05, 0) is 37.1 Å². The molecule has 2 aromatic rings. The van der Waals surface area contributed by atoms with Gasteiger partial charge in [-0.3, -0.25) is 4.90 Å². The van der Waals surface area contributed by atoms with E-state index < -0.39 is 0 Å².